The average molecular weight is 569 g/mol. The molecular weight excluding hydrogens is 552 g/mol. The number of pyridine rings is 1. The minimum absolute atomic E-state index is 0.155. The molecular formula is C26H17N8O8+. The monoisotopic (exact) mass is 569 g/mol. The number of hydrogen-bond acceptors (Lipinski definition) is 11. The van der Waals surface area contributed by atoms with E-state index in [1.165, 1.54) is 28.8 Å². The van der Waals surface area contributed by atoms with Crippen LogP contribution in [-0.2, 0) is 0 Å². The van der Waals surface area contributed by atoms with Crippen LogP contribution in [0.3, 0.4) is 0 Å². The molecule has 0 saturated carbocycles. The van der Waals surface area contributed by atoms with Gasteiger partial charge in [0.2, 0.25) is 0 Å². The van der Waals surface area contributed by atoms with Gasteiger partial charge in [-0.05, 0) is 12.1 Å². The van der Waals surface area contributed by atoms with Crippen molar-refractivity contribution in [3.63, 3.8) is 0 Å². The van der Waals surface area contributed by atoms with Gasteiger partial charge in [-0.3, -0.25) is 50.4 Å². The molecule has 0 unspecified atom stereocenters. The summed E-state index contributed by atoms with van der Waals surface area (Å²) in [7, 11) is 0. The number of rotatable bonds is 8. The summed E-state index contributed by atoms with van der Waals surface area (Å²) in [6.45, 7) is 0.251. The number of allylic oxidation sites excluding steroid dienone is 2. The highest BCUT2D eigenvalue weighted by molar-refractivity contribution is 5.77. The summed E-state index contributed by atoms with van der Waals surface area (Å²) >= 11 is 0. The van der Waals surface area contributed by atoms with Crippen molar-refractivity contribution in [1.29, 1.82) is 0 Å². The van der Waals surface area contributed by atoms with Crippen LogP contribution in [0, 0.1) is 40.5 Å². The lowest BCUT2D eigenvalue weighted by molar-refractivity contribution is -0.600. The van der Waals surface area contributed by atoms with Crippen LogP contribution in [0.15, 0.2) is 91.7 Å². The van der Waals surface area contributed by atoms with Gasteiger partial charge in [0.05, 0.1) is 49.5 Å². The maximum Gasteiger partial charge on any atom is 0.347 e. The Hall–Kier alpha value is -6.45. The van der Waals surface area contributed by atoms with Crippen LogP contribution in [0.5, 0.6) is 0 Å². The van der Waals surface area contributed by atoms with Gasteiger partial charge in [-0.15, -0.1) is 0 Å². The smallest absolute Gasteiger partial charge is 0.339 e. The third-order valence-electron chi connectivity index (χ3n) is 6.34. The van der Waals surface area contributed by atoms with E-state index in [-0.39, 0.29) is 35.0 Å². The van der Waals surface area contributed by atoms with Crippen molar-refractivity contribution in [1.82, 2.24) is 9.97 Å². The zero-order valence-electron chi connectivity index (χ0n) is 21.2. The van der Waals surface area contributed by atoms with Crippen molar-refractivity contribution in [3.8, 4) is 16.9 Å². The van der Waals surface area contributed by atoms with E-state index in [2.05, 4.69) is 9.97 Å². The number of benzene rings is 2. The Morgan fingerprint density at radius 3 is 1.86 bits per heavy atom. The van der Waals surface area contributed by atoms with E-state index in [1.54, 1.807) is 60.2 Å². The molecule has 0 fully saturated rings. The molecule has 5 rings (SSSR count). The molecule has 42 heavy (non-hydrogen) atoms. The fraction of sp³-hybridized carbons (Fsp3) is 0.0385. The topological polar surface area (TPSA) is 205 Å². The normalized spacial score (nSPS) is 12.5. The van der Waals surface area contributed by atoms with Gasteiger partial charge >= 0.3 is 5.69 Å². The van der Waals surface area contributed by atoms with Crippen molar-refractivity contribution in [2.24, 2.45) is 0 Å². The molecule has 2 aromatic heterocycles. The van der Waals surface area contributed by atoms with Crippen molar-refractivity contribution < 1.29 is 24.3 Å². The van der Waals surface area contributed by atoms with Gasteiger partial charge in [0.15, 0.2) is 12.4 Å². The van der Waals surface area contributed by atoms with Gasteiger partial charge < -0.3 is 4.90 Å². The molecule has 0 saturated heterocycles. The molecule has 16 nitrogen and oxygen atoms in total. The summed E-state index contributed by atoms with van der Waals surface area (Å²) in [6.07, 6.45) is 11.3. The lowest BCUT2D eigenvalue weighted by Gasteiger charge is -2.22. The molecule has 0 bridgehead atoms. The molecule has 0 spiro atoms. The third-order valence-corrected chi connectivity index (χ3v) is 6.34. The van der Waals surface area contributed by atoms with Gasteiger partial charge in [0, 0.05) is 54.2 Å². The van der Waals surface area contributed by atoms with E-state index < -0.39 is 25.4 Å². The van der Waals surface area contributed by atoms with E-state index >= 15 is 0 Å². The fourth-order valence-electron chi connectivity index (χ4n) is 4.25. The highest BCUT2D eigenvalue weighted by Crippen LogP contribution is 2.34. The number of non-ortho nitro benzene ring substituents is 2. The summed E-state index contributed by atoms with van der Waals surface area (Å²) in [5, 5.41) is 45.0. The first-order valence-electron chi connectivity index (χ1n) is 12.0. The van der Waals surface area contributed by atoms with Crippen LogP contribution in [0.25, 0.3) is 22.5 Å². The molecule has 0 aliphatic carbocycles. The maximum absolute atomic E-state index is 11.5. The van der Waals surface area contributed by atoms with Crippen molar-refractivity contribution >= 4 is 34.0 Å². The largest absolute Gasteiger partial charge is 0.347 e. The maximum atomic E-state index is 11.5. The third kappa shape index (κ3) is 5.34. The Labute approximate surface area is 234 Å². The Morgan fingerprint density at radius 2 is 1.31 bits per heavy atom. The molecule has 0 amide bonds. The Balaban J connectivity index is 1.32. The van der Waals surface area contributed by atoms with Crippen molar-refractivity contribution in [3.05, 3.63) is 138 Å². The number of nitro groups is 4. The van der Waals surface area contributed by atoms with Crippen LogP contribution in [0.4, 0.5) is 28.4 Å². The second-order valence-corrected chi connectivity index (χ2v) is 8.78. The fourth-order valence-corrected chi connectivity index (χ4v) is 4.25. The molecule has 1 aliphatic heterocycles. The van der Waals surface area contributed by atoms with E-state index in [1.807, 2.05) is 0 Å². The van der Waals surface area contributed by atoms with Gasteiger partial charge in [-0.1, -0.05) is 6.08 Å². The Kier molecular flexibility index (Phi) is 7.08. The SMILES string of the molecule is O=[N+]([O-])c1ccc(N2C=CC(c3cnc(-c4cc[n+](-c5ccc([N+](=O)[O-])cc5[N+](=O)[O-])cc4)cn3)=CC2)c([N+](=O)[O-])c1. The van der Waals surface area contributed by atoms with Gasteiger partial charge in [-0.25, -0.2) is 0 Å². The molecule has 4 aromatic rings. The predicted molar refractivity (Wildman–Crippen MR) is 147 cm³/mol. The summed E-state index contributed by atoms with van der Waals surface area (Å²) in [6, 6.07) is 10.2. The zero-order valence-corrected chi connectivity index (χ0v) is 21.2. The molecule has 0 radical (unpaired) electrons. The van der Waals surface area contributed by atoms with Gasteiger partial charge in [-0.2, -0.15) is 4.57 Å². The van der Waals surface area contributed by atoms with E-state index in [0.29, 0.717) is 22.5 Å². The second-order valence-electron chi connectivity index (χ2n) is 8.78. The molecule has 208 valence electrons. The lowest BCUT2D eigenvalue weighted by atomic mass is 10.1. The minimum Gasteiger partial charge on any atom is -0.339 e. The average Bonchev–Trinajstić information content (AvgIpc) is 3.00. The summed E-state index contributed by atoms with van der Waals surface area (Å²) in [4.78, 5) is 52.7. The molecule has 16 heteroatoms. The standard InChI is InChI=1S/C26H17N8O8/c35-31(36)19-1-3-23(25(13-19)33(39)40)29-9-5-17(6-10-29)21-15-28-22(16-27-21)18-7-11-30(12-8-18)24-4-2-20(32(37)38)14-26(24)34(41)42/h1-11,13-16H,12H2/q+1. The number of nitro benzene ring substituents is 4. The second kappa shape index (κ2) is 11.0. The lowest BCUT2D eigenvalue weighted by Crippen LogP contribution is -2.30. The highest BCUT2D eigenvalue weighted by Gasteiger charge is 2.26. The van der Waals surface area contributed by atoms with Gasteiger partial charge in [0.25, 0.3) is 22.7 Å². The summed E-state index contributed by atoms with van der Waals surface area (Å²) < 4.78 is 1.46. The number of nitrogens with zero attached hydrogens (tertiary/aromatic N) is 8. The van der Waals surface area contributed by atoms with Crippen LogP contribution >= 0.6 is 0 Å². The summed E-state index contributed by atoms with van der Waals surface area (Å²) in [5.41, 5.74) is 1.24. The minimum atomic E-state index is -0.701. The van der Waals surface area contributed by atoms with Gasteiger partial charge in [0.1, 0.15) is 11.8 Å². The van der Waals surface area contributed by atoms with Crippen LogP contribution in [0.1, 0.15) is 5.69 Å². The first kappa shape index (κ1) is 27.1. The molecule has 0 atom stereocenters. The first-order valence-corrected chi connectivity index (χ1v) is 12.0. The first-order chi connectivity index (χ1) is 20.1. The van der Waals surface area contributed by atoms with E-state index in [4.69, 9.17) is 0 Å². The molecule has 2 aromatic carbocycles. The molecule has 1 aliphatic rings. The van der Waals surface area contributed by atoms with Crippen LogP contribution < -0.4 is 9.47 Å². The van der Waals surface area contributed by atoms with Crippen LogP contribution in [0.2, 0.25) is 0 Å². The molecule has 0 N–H and O–H groups in total. The highest BCUT2D eigenvalue weighted by atomic mass is 16.6. The Morgan fingerprint density at radius 1 is 0.714 bits per heavy atom. The van der Waals surface area contributed by atoms with E-state index in [0.717, 1.165) is 12.1 Å². The number of hydrogen-bond donors (Lipinski definition) is 0. The summed E-state index contributed by atoms with van der Waals surface area (Å²) in [5.74, 6) is 0. The van der Waals surface area contributed by atoms with Crippen LogP contribution in [-0.4, -0.2) is 36.2 Å². The Bertz CT molecular complexity index is 1820. The number of anilines is 1. The van der Waals surface area contributed by atoms with E-state index in [9.17, 15) is 40.5 Å². The zero-order chi connectivity index (χ0) is 30.0. The van der Waals surface area contributed by atoms with Crippen molar-refractivity contribution in [2.45, 2.75) is 0 Å². The molecule has 3 heterocycles. The number of aromatic nitrogens is 3. The van der Waals surface area contributed by atoms with Crippen molar-refractivity contribution in [2.75, 3.05) is 11.4 Å². The quantitative estimate of drug-likeness (QED) is 0.164. The predicted octanol–water partition coefficient (Wildman–Crippen LogP) is 4.47.